The van der Waals surface area contributed by atoms with Crippen LogP contribution in [0, 0.1) is 6.92 Å². The quantitative estimate of drug-likeness (QED) is 0.654. The molecule has 1 aromatic carbocycles. The number of fused-ring (bicyclic) bond motifs is 1. The van der Waals surface area contributed by atoms with Crippen LogP contribution >= 0.6 is 0 Å². The van der Waals surface area contributed by atoms with E-state index in [4.69, 9.17) is 0 Å². The minimum absolute atomic E-state index is 0.0277. The van der Waals surface area contributed by atoms with Gasteiger partial charge in [-0.1, -0.05) is 18.2 Å². The lowest BCUT2D eigenvalue weighted by molar-refractivity contribution is 0.103. The van der Waals surface area contributed by atoms with Crippen molar-refractivity contribution in [3.05, 3.63) is 71.7 Å². The fourth-order valence-electron chi connectivity index (χ4n) is 1.98. The minimum Gasteiger partial charge on any atom is -0.289 e. The fourth-order valence-corrected chi connectivity index (χ4v) is 1.98. The molecule has 0 atom stereocenters. The molecular formula is C16H12N2O. The van der Waals surface area contributed by atoms with E-state index in [1.54, 1.807) is 18.5 Å². The normalized spacial score (nSPS) is 10.6. The summed E-state index contributed by atoms with van der Waals surface area (Å²) in [5.74, 6) is -0.0277. The van der Waals surface area contributed by atoms with Crippen molar-refractivity contribution in [1.82, 2.24) is 9.97 Å². The summed E-state index contributed by atoms with van der Waals surface area (Å²) in [6.45, 7) is 1.90. The first-order valence-corrected chi connectivity index (χ1v) is 6.06. The molecule has 0 radical (unpaired) electrons. The highest BCUT2D eigenvalue weighted by molar-refractivity contribution is 6.10. The molecule has 0 bridgehead atoms. The number of hydrogen-bond donors (Lipinski definition) is 0. The fraction of sp³-hybridized carbons (Fsp3) is 0.0625. The van der Waals surface area contributed by atoms with Crippen LogP contribution in [0.15, 0.2) is 54.9 Å². The summed E-state index contributed by atoms with van der Waals surface area (Å²) in [7, 11) is 0. The van der Waals surface area contributed by atoms with Gasteiger partial charge in [0.2, 0.25) is 0 Å². The highest BCUT2D eigenvalue weighted by Crippen LogP contribution is 2.16. The number of aryl methyl sites for hydroxylation is 1. The first-order valence-electron chi connectivity index (χ1n) is 6.06. The Morgan fingerprint density at radius 1 is 1.00 bits per heavy atom. The Kier molecular flexibility index (Phi) is 2.80. The van der Waals surface area contributed by atoms with Gasteiger partial charge in [-0.3, -0.25) is 14.8 Å². The zero-order valence-corrected chi connectivity index (χ0v) is 10.5. The second-order valence-corrected chi connectivity index (χ2v) is 4.43. The molecule has 2 heterocycles. The third-order valence-corrected chi connectivity index (χ3v) is 3.04. The SMILES string of the molecule is Cc1ccc(C(=O)c2ccc3cccnc3c2)cn1. The molecule has 0 N–H and O–H groups in total. The molecule has 3 nitrogen and oxygen atoms in total. The summed E-state index contributed by atoms with van der Waals surface area (Å²) in [4.78, 5) is 20.7. The lowest BCUT2D eigenvalue weighted by Crippen LogP contribution is -2.02. The Labute approximate surface area is 111 Å². The summed E-state index contributed by atoms with van der Waals surface area (Å²) in [6, 6.07) is 13.1. The van der Waals surface area contributed by atoms with Gasteiger partial charge in [0.05, 0.1) is 5.52 Å². The summed E-state index contributed by atoms with van der Waals surface area (Å²) >= 11 is 0. The van der Waals surface area contributed by atoms with Crippen LogP contribution in [0.2, 0.25) is 0 Å². The number of benzene rings is 1. The molecule has 0 fully saturated rings. The third kappa shape index (κ3) is 2.22. The highest BCUT2D eigenvalue weighted by atomic mass is 16.1. The lowest BCUT2D eigenvalue weighted by Gasteiger charge is -2.03. The van der Waals surface area contributed by atoms with Crippen molar-refractivity contribution in [3.63, 3.8) is 0 Å². The Bertz CT molecular complexity index is 748. The van der Waals surface area contributed by atoms with E-state index in [2.05, 4.69) is 9.97 Å². The lowest BCUT2D eigenvalue weighted by atomic mass is 10.0. The Balaban J connectivity index is 2.04. The molecule has 92 valence electrons. The zero-order valence-electron chi connectivity index (χ0n) is 10.5. The van der Waals surface area contributed by atoms with E-state index in [0.717, 1.165) is 16.6 Å². The molecule has 19 heavy (non-hydrogen) atoms. The maximum absolute atomic E-state index is 12.3. The van der Waals surface area contributed by atoms with Gasteiger partial charge < -0.3 is 0 Å². The maximum atomic E-state index is 12.3. The van der Waals surface area contributed by atoms with Crippen molar-refractivity contribution in [2.45, 2.75) is 6.92 Å². The number of rotatable bonds is 2. The monoisotopic (exact) mass is 248 g/mol. The van der Waals surface area contributed by atoms with Crippen LogP contribution in [0.5, 0.6) is 0 Å². The summed E-state index contributed by atoms with van der Waals surface area (Å²) in [5, 5.41) is 1.03. The Hall–Kier alpha value is -2.55. The van der Waals surface area contributed by atoms with E-state index < -0.39 is 0 Å². The average Bonchev–Trinajstić information content (AvgIpc) is 2.47. The number of aromatic nitrogens is 2. The molecule has 0 aliphatic carbocycles. The predicted molar refractivity (Wildman–Crippen MR) is 74.1 cm³/mol. The van der Waals surface area contributed by atoms with Gasteiger partial charge in [-0.2, -0.15) is 0 Å². The number of nitrogens with zero attached hydrogens (tertiary/aromatic N) is 2. The number of carbonyl (C=O) groups excluding carboxylic acids is 1. The second-order valence-electron chi connectivity index (χ2n) is 4.43. The van der Waals surface area contributed by atoms with E-state index in [1.807, 2.05) is 43.3 Å². The van der Waals surface area contributed by atoms with Crippen LogP contribution in [0.1, 0.15) is 21.6 Å². The molecule has 0 saturated carbocycles. The van der Waals surface area contributed by atoms with Crippen molar-refractivity contribution >= 4 is 16.7 Å². The van der Waals surface area contributed by atoms with Crippen molar-refractivity contribution in [2.75, 3.05) is 0 Å². The van der Waals surface area contributed by atoms with Gasteiger partial charge in [0.25, 0.3) is 0 Å². The zero-order chi connectivity index (χ0) is 13.2. The van der Waals surface area contributed by atoms with Gasteiger partial charge in [-0.15, -0.1) is 0 Å². The van der Waals surface area contributed by atoms with E-state index >= 15 is 0 Å². The van der Waals surface area contributed by atoms with E-state index in [1.165, 1.54) is 0 Å². The topological polar surface area (TPSA) is 42.9 Å². The maximum Gasteiger partial charge on any atom is 0.194 e. The highest BCUT2D eigenvalue weighted by Gasteiger charge is 2.10. The number of pyridine rings is 2. The van der Waals surface area contributed by atoms with Crippen LogP contribution in [0.4, 0.5) is 0 Å². The Morgan fingerprint density at radius 3 is 2.63 bits per heavy atom. The molecule has 3 rings (SSSR count). The number of carbonyl (C=O) groups is 1. The molecule has 0 aliphatic rings. The van der Waals surface area contributed by atoms with Gasteiger partial charge in [0.15, 0.2) is 5.78 Å². The van der Waals surface area contributed by atoms with Gasteiger partial charge in [-0.05, 0) is 31.2 Å². The molecule has 3 heteroatoms. The van der Waals surface area contributed by atoms with E-state index in [9.17, 15) is 4.79 Å². The van der Waals surface area contributed by atoms with E-state index in [-0.39, 0.29) is 5.78 Å². The van der Waals surface area contributed by atoms with Crippen LogP contribution in [0.3, 0.4) is 0 Å². The van der Waals surface area contributed by atoms with Gasteiger partial charge in [0.1, 0.15) is 0 Å². The first kappa shape index (κ1) is 11.5. The molecule has 0 aliphatic heterocycles. The minimum atomic E-state index is -0.0277. The molecule has 0 spiro atoms. The summed E-state index contributed by atoms with van der Waals surface area (Å²) in [6.07, 6.45) is 3.34. The van der Waals surface area contributed by atoms with Crippen molar-refractivity contribution in [3.8, 4) is 0 Å². The molecule has 0 saturated heterocycles. The first-order chi connectivity index (χ1) is 9.24. The summed E-state index contributed by atoms with van der Waals surface area (Å²) < 4.78 is 0. The van der Waals surface area contributed by atoms with Gasteiger partial charge in [-0.25, -0.2) is 0 Å². The van der Waals surface area contributed by atoms with Gasteiger partial charge in [0, 0.05) is 34.6 Å². The largest absolute Gasteiger partial charge is 0.289 e. The average molecular weight is 248 g/mol. The van der Waals surface area contributed by atoms with Crippen LogP contribution in [-0.2, 0) is 0 Å². The summed E-state index contributed by atoms with van der Waals surface area (Å²) in [5.41, 5.74) is 2.96. The number of hydrogen-bond acceptors (Lipinski definition) is 3. The van der Waals surface area contributed by atoms with Crippen molar-refractivity contribution in [1.29, 1.82) is 0 Å². The van der Waals surface area contributed by atoms with Gasteiger partial charge >= 0.3 is 0 Å². The van der Waals surface area contributed by atoms with Crippen molar-refractivity contribution < 1.29 is 4.79 Å². The third-order valence-electron chi connectivity index (χ3n) is 3.04. The van der Waals surface area contributed by atoms with E-state index in [0.29, 0.717) is 11.1 Å². The smallest absolute Gasteiger partial charge is 0.194 e. The second kappa shape index (κ2) is 4.61. The predicted octanol–water partition coefficient (Wildman–Crippen LogP) is 3.17. The number of ketones is 1. The molecular weight excluding hydrogens is 236 g/mol. The van der Waals surface area contributed by atoms with Crippen LogP contribution in [0.25, 0.3) is 10.9 Å². The van der Waals surface area contributed by atoms with Crippen molar-refractivity contribution in [2.24, 2.45) is 0 Å². The Morgan fingerprint density at radius 2 is 1.84 bits per heavy atom. The molecule has 0 amide bonds. The van der Waals surface area contributed by atoms with Crippen LogP contribution in [-0.4, -0.2) is 15.8 Å². The molecule has 0 unspecified atom stereocenters. The van der Waals surface area contributed by atoms with Crippen LogP contribution < -0.4 is 0 Å². The molecule has 3 aromatic rings. The standard InChI is InChI=1S/C16H12N2O/c1-11-4-5-14(10-18-11)16(19)13-7-6-12-3-2-8-17-15(12)9-13/h2-10H,1H3. The molecule has 2 aromatic heterocycles.